The summed E-state index contributed by atoms with van der Waals surface area (Å²) in [5, 5.41) is 10.6. The smallest absolute Gasteiger partial charge is 0.305 e. The van der Waals surface area contributed by atoms with Crippen LogP contribution in [0, 0.1) is 15.9 Å². The average Bonchev–Trinajstić information content (AvgIpc) is 2.81. The van der Waals surface area contributed by atoms with Crippen LogP contribution in [0.1, 0.15) is 23.2 Å². The minimum absolute atomic E-state index is 0.167. The third-order valence-electron chi connectivity index (χ3n) is 2.78. The lowest BCUT2D eigenvalue weighted by Crippen LogP contribution is -2.27. The van der Waals surface area contributed by atoms with E-state index in [0.29, 0.717) is 13.1 Å². The van der Waals surface area contributed by atoms with Gasteiger partial charge in [-0.25, -0.2) is 0 Å². The van der Waals surface area contributed by atoms with Crippen molar-refractivity contribution in [3.63, 3.8) is 0 Å². The third-order valence-corrected chi connectivity index (χ3v) is 2.78. The van der Waals surface area contributed by atoms with Gasteiger partial charge in [-0.2, -0.15) is 4.39 Å². The van der Waals surface area contributed by atoms with Crippen LogP contribution in [0.4, 0.5) is 10.1 Å². The monoisotopic (exact) mass is 238 g/mol. The molecule has 0 atom stereocenters. The van der Waals surface area contributed by atoms with Crippen LogP contribution in [-0.2, 0) is 0 Å². The van der Waals surface area contributed by atoms with E-state index in [-0.39, 0.29) is 11.5 Å². The van der Waals surface area contributed by atoms with Gasteiger partial charge >= 0.3 is 5.69 Å². The molecular weight excluding hydrogens is 227 g/mol. The van der Waals surface area contributed by atoms with E-state index in [1.165, 1.54) is 6.07 Å². The van der Waals surface area contributed by atoms with E-state index >= 15 is 0 Å². The molecule has 1 heterocycles. The fourth-order valence-electron chi connectivity index (χ4n) is 1.89. The lowest BCUT2D eigenvalue weighted by Gasteiger charge is -2.14. The molecule has 0 N–H and O–H groups in total. The molecule has 6 heteroatoms. The van der Waals surface area contributed by atoms with Gasteiger partial charge in [0.2, 0.25) is 5.82 Å². The van der Waals surface area contributed by atoms with E-state index in [2.05, 4.69) is 0 Å². The van der Waals surface area contributed by atoms with Gasteiger partial charge in [0.25, 0.3) is 5.91 Å². The maximum absolute atomic E-state index is 13.1. The molecule has 2 rings (SSSR count). The van der Waals surface area contributed by atoms with Crippen molar-refractivity contribution in [2.24, 2.45) is 0 Å². The number of likely N-dealkylation sites (tertiary alicyclic amines) is 1. The number of nitrogens with zero attached hydrogens (tertiary/aromatic N) is 2. The first kappa shape index (κ1) is 11.5. The molecule has 5 nitrogen and oxygen atoms in total. The minimum Gasteiger partial charge on any atom is -0.339 e. The van der Waals surface area contributed by atoms with Crippen molar-refractivity contribution in [2.45, 2.75) is 12.8 Å². The highest BCUT2D eigenvalue weighted by Crippen LogP contribution is 2.20. The molecular formula is C11H11FN2O3. The molecule has 0 unspecified atom stereocenters. The second-order valence-electron chi connectivity index (χ2n) is 3.92. The molecule has 1 saturated heterocycles. The largest absolute Gasteiger partial charge is 0.339 e. The molecule has 1 aliphatic rings. The fourth-order valence-corrected chi connectivity index (χ4v) is 1.89. The SMILES string of the molecule is O=C(c1ccc(F)c([N+](=O)[O-])c1)N1CCCC1. The average molecular weight is 238 g/mol. The Morgan fingerprint density at radius 1 is 1.35 bits per heavy atom. The van der Waals surface area contributed by atoms with Crippen LogP contribution < -0.4 is 0 Å². The van der Waals surface area contributed by atoms with Gasteiger partial charge < -0.3 is 4.90 Å². The second-order valence-corrected chi connectivity index (χ2v) is 3.92. The van der Waals surface area contributed by atoms with E-state index in [4.69, 9.17) is 0 Å². The van der Waals surface area contributed by atoms with Gasteiger partial charge in [0.1, 0.15) is 0 Å². The molecule has 0 bridgehead atoms. The van der Waals surface area contributed by atoms with Crippen LogP contribution in [-0.4, -0.2) is 28.8 Å². The lowest BCUT2D eigenvalue weighted by molar-refractivity contribution is -0.387. The predicted octanol–water partition coefficient (Wildman–Crippen LogP) is 1.97. The van der Waals surface area contributed by atoms with Gasteiger partial charge in [-0.3, -0.25) is 14.9 Å². The van der Waals surface area contributed by atoms with Crippen LogP contribution in [0.5, 0.6) is 0 Å². The number of rotatable bonds is 2. The van der Waals surface area contributed by atoms with Gasteiger partial charge in [0, 0.05) is 24.7 Å². The maximum Gasteiger partial charge on any atom is 0.305 e. The Morgan fingerprint density at radius 3 is 2.59 bits per heavy atom. The van der Waals surface area contributed by atoms with Crippen LogP contribution in [0.2, 0.25) is 0 Å². The van der Waals surface area contributed by atoms with Gasteiger partial charge in [0.05, 0.1) is 4.92 Å². The number of amides is 1. The summed E-state index contributed by atoms with van der Waals surface area (Å²) in [5.74, 6) is -1.20. The molecule has 17 heavy (non-hydrogen) atoms. The Balaban J connectivity index is 2.29. The van der Waals surface area contributed by atoms with E-state index in [1.54, 1.807) is 4.90 Å². The minimum atomic E-state index is -0.923. The molecule has 0 aliphatic carbocycles. The number of hydrogen-bond acceptors (Lipinski definition) is 3. The van der Waals surface area contributed by atoms with E-state index in [9.17, 15) is 19.3 Å². The first-order valence-corrected chi connectivity index (χ1v) is 5.33. The zero-order chi connectivity index (χ0) is 12.4. The Kier molecular flexibility index (Phi) is 3.03. The highest BCUT2D eigenvalue weighted by Gasteiger charge is 2.23. The summed E-state index contributed by atoms with van der Waals surface area (Å²) >= 11 is 0. The number of halogens is 1. The Labute approximate surface area is 97.0 Å². The molecule has 1 aromatic carbocycles. The molecule has 1 fully saturated rings. The van der Waals surface area contributed by atoms with Crippen molar-refractivity contribution < 1.29 is 14.1 Å². The summed E-state index contributed by atoms with van der Waals surface area (Å²) in [6.07, 6.45) is 1.88. The number of nitro groups is 1. The summed E-state index contributed by atoms with van der Waals surface area (Å²) < 4.78 is 13.1. The first-order chi connectivity index (χ1) is 8.09. The first-order valence-electron chi connectivity index (χ1n) is 5.33. The van der Waals surface area contributed by atoms with Crippen molar-refractivity contribution >= 4 is 11.6 Å². The van der Waals surface area contributed by atoms with Crippen molar-refractivity contribution in [1.82, 2.24) is 4.90 Å². The topological polar surface area (TPSA) is 63.4 Å². The van der Waals surface area contributed by atoms with Gasteiger partial charge in [-0.15, -0.1) is 0 Å². The summed E-state index contributed by atoms with van der Waals surface area (Å²) in [6.45, 7) is 1.31. The van der Waals surface area contributed by atoms with Crippen molar-refractivity contribution in [3.05, 3.63) is 39.7 Å². The normalized spacial score (nSPS) is 15.0. The second kappa shape index (κ2) is 4.48. The Hall–Kier alpha value is -1.98. The quantitative estimate of drug-likeness (QED) is 0.584. The zero-order valence-electron chi connectivity index (χ0n) is 9.06. The zero-order valence-corrected chi connectivity index (χ0v) is 9.06. The van der Waals surface area contributed by atoms with Crippen LogP contribution in [0.15, 0.2) is 18.2 Å². The lowest BCUT2D eigenvalue weighted by atomic mass is 10.1. The van der Waals surface area contributed by atoms with Crippen molar-refractivity contribution in [3.8, 4) is 0 Å². The summed E-state index contributed by atoms with van der Waals surface area (Å²) in [6, 6.07) is 3.24. The Bertz CT molecular complexity index is 470. The molecule has 0 aromatic heterocycles. The standard InChI is InChI=1S/C11H11FN2O3/c12-9-4-3-8(7-10(9)14(16)17)11(15)13-5-1-2-6-13/h3-4,7H,1-2,5-6H2. The highest BCUT2D eigenvalue weighted by atomic mass is 19.1. The van der Waals surface area contributed by atoms with Crippen molar-refractivity contribution in [1.29, 1.82) is 0 Å². The number of carbonyl (C=O) groups is 1. The number of hydrogen-bond donors (Lipinski definition) is 0. The van der Waals surface area contributed by atoms with Crippen molar-refractivity contribution in [2.75, 3.05) is 13.1 Å². The predicted molar refractivity (Wildman–Crippen MR) is 58.2 cm³/mol. The molecule has 0 radical (unpaired) electrons. The van der Waals surface area contributed by atoms with Crippen LogP contribution in [0.25, 0.3) is 0 Å². The summed E-state index contributed by atoms with van der Waals surface area (Å²) in [4.78, 5) is 23.3. The number of nitro benzene ring substituents is 1. The number of carbonyl (C=O) groups excluding carboxylic acids is 1. The molecule has 1 aromatic rings. The molecule has 90 valence electrons. The van der Waals surface area contributed by atoms with Crippen LogP contribution in [0.3, 0.4) is 0 Å². The molecule has 0 saturated carbocycles. The summed E-state index contributed by atoms with van der Waals surface area (Å²) in [7, 11) is 0. The van der Waals surface area contributed by atoms with Gasteiger partial charge in [0.15, 0.2) is 0 Å². The van der Waals surface area contributed by atoms with E-state index in [1.807, 2.05) is 0 Å². The summed E-state index contributed by atoms with van der Waals surface area (Å²) in [5.41, 5.74) is -0.491. The number of benzene rings is 1. The van der Waals surface area contributed by atoms with E-state index in [0.717, 1.165) is 25.0 Å². The van der Waals surface area contributed by atoms with Gasteiger partial charge in [-0.1, -0.05) is 0 Å². The Morgan fingerprint density at radius 2 is 2.00 bits per heavy atom. The molecule has 1 amide bonds. The maximum atomic E-state index is 13.1. The van der Waals surface area contributed by atoms with Gasteiger partial charge in [-0.05, 0) is 25.0 Å². The molecule has 0 spiro atoms. The fraction of sp³-hybridized carbons (Fsp3) is 0.364. The van der Waals surface area contributed by atoms with Crippen LogP contribution >= 0.6 is 0 Å². The third kappa shape index (κ3) is 2.25. The highest BCUT2D eigenvalue weighted by molar-refractivity contribution is 5.95. The molecule has 1 aliphatic heterocycles. The van der Waals surface area contributed by atoms with E-state index < -0.39 is 16.4 Å².